The van der Waals surface area contributed by atoms with E-state index in [1.54, 1.807) is 29.2 Å². The Morgan fingerprint density at radius 3 is 2.52 bits per heavy atom. The van der Waals surface area contributed by atoms with Crippen LogP contribution in [-0.2, 0) is 19.1 Å². The normalized spacial score (nSPS) is 16.7. The molecular weight excluding hydrogens is 396 g/mol. The van der Waals surface area contributed by atoms with E-state index < -0.39 is 23.9 Å². The minimum Gasteiger partial charge on any atom is -0.452 e. The first kappa shape index (κ1) is 22.2. The van der Waals surface area contributed by atoms with E-state index in [9.17, 15) is 19.2 Å². The van der Waals surface area contributed by atoms with E-state index in [1.807, 2.05) is 32.0 Å². The standard InChI is InChI=1S/C24H26N2O5/c1-14-8-7-11-21(15(14)2)26-13-18(12-22(26)28)24(30)31-17(4)23(29)25-20-10-6-5-9-19(20)16(3)27/h5-11,17-18H,12-13H2,1-4H3,(H,25,29)/t17-,18-/m0/s1. The number of anilines is 2. The van der Waals surface area contributed by atoms with Gasteiger partial charge in [0.2, 0.25) is 5.91 Å². The Bertz CT molecular complexity index is 1050. The van der Waals surface area contributed by atoms with Gasteiger partial charge < -0.3 is 15.0 Å². The predicted octanol–water partition coefficient (Wildman–Crippen LogP) is 3.43. The first-order valence-electron chi connectivity index (χ1n) is 10.2. The Balaban J connectivity index is 1.64. The fraction of sp³-hybridized carbons (Fsp3) is 0.333. The van der Waals surface area contributed by atoms with E-state index in [0.717, 1.165) is 16.8 Å². The molecule has 1 heterocycles. The fourth-order valence-electron chi connectivity index (χ4n) is 3.58. The summed E-state index contributed by atoms with van der Waals surface area (Å²) in [7, 11) is 0. The van der Waals surface area contributed by atoms with Gasteiger partial charge in [-0.3, -0.25) is 19.2 Å². The molecule has 0 unspecified atom stereocenters. The zero-order chi connectivity index (χ0) is 22.7. The van der Waals surface area contributed by atoms with Gasteiger partial charge >= 0.3 is 5.97 Å². The minimum atomic E-state index is -1.07. The molecule has 0 aliphatic carbocycles. The summed E-state index contributed by atoms with van der Waals surface area (Å²) in [6.07, 6.45) is -1.04. The number of nitrogens with one attached hydrogen (secondary N) is 1. The van der Waals surface area contributed by atoms with Gasteiger partial charge in [0.25, 0.3) is 5.91 Å². The van der Waals surface area contributed by atoms with Crippen LogP contribution in [0.4, 0.5) is 11.4 Å². The highest BCUT2D eigenvalue weighted by Gasteiger charge is 2.38. The molecule has 0 aromatic heterocycles. The number of hydrogen-bond acceptors (Lipinski definition) is 5. The van der Waals surface area contributed by atoms with Crippen molar-refractivity contribution in [2.24, 2.45) is 5.92 Å². The van der Waals surface area contributed by atoms with Crippen molar-refractivity contribution >= 4 is 34.9 Å². The zero-order valence-corrected chi connectivity index (χ0v) is 18.1. The number of aryl methyl sites for hydroxylation is 1. The van der Waals surface area contributed by atoms with E-state index in [1.165, 1.54) is 13.8 Å². The van der Waals surface area contributed by atoms with E-state index in [2.05, 4.69) is 5.32 Å². The van der Waals surface area contributed by atoms with Gasteiger partial charge in [0.15, 0.2) is 11.9 Å². The number of ketones is 1. The van der Waals surface area contributed by atoms with Crippen LogP contribution in [0.15, 0.2) is 42.5 Å². The number of ether oxygens (including phenoxy) is 1. The van der Waals surface area contributed by atoms with Crippen molar-refractivity contribution in [3.8, 4) is 0 Å². The molecule has 2 aromatic carbocycles. The lowest BCUT2D eigenvalue weighted by Crippen LogP contribution is -2.33. The smallest absolute Gasteiger partial charge is 0.312 e. The highest BCUT2D eigenvalue weighted by atomic mass is 16.5. The molecule has 7 nitrogen and oxygen atoms in total. The van der Waals surface area contributed by atoms with Gasteiger partial charge in [-0.25, -0.2) is 0 Å². The van der Waals surface area contributed by atoms with E-state index in [4.69, 9.17) is 4.74 Å². The molecule has 2 aromatic rings. The van der Waals surface area contributed by atoms with Gasteiger partial charge in [0.1, 0.15) is 0 Å². The Labute approximate surface area is 181 Å². The third-order valence-corrected chi connectivity index (χ3v) is 5.55. The number of esters is 1. The molecule has 0 bridgehead atoms. The summed E-state index contributed by atoms with van der Waals surface area (Å²) in [6.45, 7) is 6.99. The van der Waals surface area contributed by atoms with Crippen molar-refractivity contribution in [1.29, 1.82) is 0 Å². The van der Waals surface area contributed by atoms with Crippen LogP contribution in [0.25, 0.3) is 0 Å². The molecule has 2 amide bonds. The lowest BCUT2D eigenvalue weighted by molar-refractivity contribution is -0.157. The SMILES string of the molecule is CC(=O)c1ccccc1NC(=O)[C@H](C)OC(=O)[C@H]1CC(=O)N(c2cccc(C)c2C)C1. The van der Waals surface area contributed by atoms with Crippen molar-refractivity contribution < 1.29 is 23.9 Å². The molecule has 1 N–H and O–H groups in total. The number of amides is 2. The molecule has 0 spiro atoms. The van der Waals surface area contributed by atoms with Crippen LogP contribution < -0.4 is 10.2 Å². The number of carbonyl (C=O) groups excluding carboxylic acids is 4. The largest absolute Gasteiger partial charge is 0.452 e. The molecule has 1 aliphatic heterocycles. The quantitative estimate of drug-likeness (QED) is 0.569. The first-order valence-corrected chi connectivity index (χ1v) is 10.2. The maximum atomic E-state index is 12.6. The maximum Gasteiger partial charge on any atom is 0.312 e. The van der Waals surface area contributed by atoms with Crippen molar-refractivity contribution in [1.82, 2.24) is 0 Å². The van der Waals surface area contributed by atoms with Gasteiger partial charge in [-0.05, 0) is 57.0 Å². The van der Waals surface area contributed by atoms with Gasteiger partial charge in [-0.1, -0.05) is 24.3 Å². The average Bonchev–Trinajstić information content (AvgIpc) is 3.11. The van der Waals surface area contributed by atoms with Crippen LogP contribution >= 0.6 is 0 Å². The predicted molar refractivity (Wildman–Crippen MR) is 117 cm³/mol. The molecule has 162 valence electrons. The molecule has 31 heavy (non-hydrogen) atoms. The third-order valence-electron chi connectivity index (χ3n) is 5.55. The van der Waals surface area contributed by atoms with E-state index in [-0.39, 0.29) is 24.7 Å². The number of para-hydroxylation sites is 1. The second-order valence-electron chi connectivity index (χ2n) is 7.79. The van der Waals surface area contributed by atoms with Gasteiger partial charge in [0, 0.05) is 24.2 Å². The van der Waals surface area contributed by atoms with Crippen LogP contribution in [0.5, 0.6) is 0 Å². The summed E-state index contributed by atoms with van der Waals surface area (Å²) in [5.74, 6) is -2.12. The molecule has 3 rings (SSSR count). The van der Waals surface area contributed by atoms with Crippen LogP contribution in [0.2, 0.25) is 0 Å². The Morgan fingerprint density at radius 2 is 1.81 bits per heavy atom. The van der Waals surface area contributed by atoms with Crippen LogP contribution in [0.1, 0.15) is 41.8 Å². The molecule has 1 saturated heterocycles. The Hall–Kier alpha value is -3.48. The first-order chi connectivity index (χ1) is 14.7. The second-order valence-corrected chi connectivity index (χ2v) is 7.79. The fourth-order valence-corrected chi connectivity index (χ4v) is 3.58. The lowest BCUT2D eigenvalue weighted by atomic mass is 10.1. The topological polar surface area (TPSA) is 92.8 Å². The number of rotatable bonds is 6. The van der Waals surface area contributed by atoms with E-state index in [0.29, 0.717) is 11.3 Å². The zero-order valence-electron chi connectivity index (χ0n) is 18.1. The lowest BCUT2D eigenvalue weighted by Gasteiger charge is -2.20. The van der Waals surface area contributed by atoms with Gasteiger partial charge in [0.05, 0.1) is 11.6 Å². The number of hydrogen-bond donors (Lipinski definition) is 1. The molecular formula is C24H26N2O5. The van der Waals surface area contributed by atoms with Crippen molar-refractivity contribution in [3.63, 3.8) is 0 Å². The molecule has 1 aliphatic rings. The van der Waals surface area contributed by atoms with Crippen LogP contribution in [0.3, 0.4) is 0 Å². The Kier molecular flexibility index (Phi) is 6.53. The average molecular weight is 422 g/mol. The monoisotopic (exact) mass is 422 g/mol. The third kappa shape index (κ3) is 4.82. The number of nitrogens with zero attached hydrogens (tertiary/aromatic N) is 1. The second kappa shape index (κ2) is 9.12. The molecule has 7 heteroatoms. The molecule has 1 fully saturated rings. The summed E-state index contributed by atoms with van der Waals surface area (Å²) in [6, 6.07) is 12.3. The number of carbonyl (C=O) groups is 4. The van der Waals surface area contributed by atoms with Crippen LogP contribution in [0, 0.1) is 19.8 Å². The molecule has 0 saturated carbocycles. The molecule has 0 radical (unpaired) electrons. The number of benzene rings is 2. The van der Waals surface area contributed by atoms with Gasteiger partial charge in [-0.2, -0.15) is 0 Å². The summed E-state index contributed by atoms with van der Waals surface area (Å²) in [4.78, 5) is 51.0. The highest BCUT2D eigenvalue weighted by Crippen LogP contribution is 2.30. The summed E-state index contributed by atoms with van der Waals surface area (Å²) in [5.41, 5.74) is 3.57. The van der Waals surface area contributed by atoms with E-state index >= 15 is 0 Å². The highest BCUT2D eigenvalue weighted by molar-refractivity contribution is 6.05. The summed E-state index contributed by atoms with van der Waals surface area (Å²) < 4.78 is 5.34. The Morgan fingerprint density at radius 1 is 1.10 bits per heavy atom. The van der Waals surface area contributed by atoms with Gasteiger partial charge in [-0.15, -0.1) is 0 Å². The maximum absolute atomic E-state index is 12.6. The van der Waals surface area contributed by atoms with Crippen molar-refractivity contribution in [3.05, 3.63) is 59.2 Å². The van der Waals surface area contributed by atoms with Crippen molar-refractivity contribution in [2.75, 3.05) is 16.8 Å². The minimum absolute atomic E-state index is 0.0354. The number of Topliss-reactive ketones (excluding diaryl/α,β-unsaturated/α-hetero) is 1. The molecule has 2 atom stereocenters. The van der Waals surface area contributed by atoms with Crippen molar-refractivity contribution in [2.45, 2.75) is 40.2 Å². The van der Waals surface area contributed by atoms with Crippen LogP contribution in [-0.4, -0.2) is 36.2 Å². The summed E-state index contributed by atoms with van der Waals surface area (Å²) >= 11 is 0. The summed E-state index contributed by atoms with van der Waals surface area (Å²) in [5, 5.41) is 2.63.